The second-order valence-electron chi connectivity index (χ2n) is 4.96. The van der Waals surface area contributed by atoms with Gasteiger partial charge >= 0.3 is 0 Å². The van der Waals surface area contributed by atoms with E-state index in [4.69, 9.17) is 5.11 Å². The molecule has 1 aliphatic heterocycles. The summed E-state index contributed by atoms with van der Waals surface area (Å²) in [5.41, 5.74) is 2.10. The van der Waals surface area contributed by atoms with Crippen LogP contribution in [-0.4, -0.2) is 45.4 Å². The van der Waals surface area contributed by atoms with Gasteiger partial charge in [-0.3, -0.25) is 9.48 Å². The topological polar surface area (TPSA) is 58.4 Å². The molecule has 1 saturated heterocycles. The Morgan fingerprint density at radius 2 is 2.39 bits per heavy atom. The fourth-order valence-corrected chi connectivity index (χ4v) is 2.58. The minimum Gasteiger partial charge on any atom is -0.396 e. The number of aliphatic hydroxyl groups is 1. The van der Waals surface area contributed by atoms with E-state index in [2.05, 4.69) is 11.2 Å². The number of hydrogen-bond acceptors (Lipinski definition) is 3. The minimum absolute atomic E-state index is 0.142. The lowest BCUT2D eigenvalue weighted by atomic mass is 9.94. The number of carbonyl (C=O) groups excluding carboxylic acids is 1. The highest BCUT2D eigenvalue weighted by atomic mass is 16.3. The summed E-state index contributed by atoms with van der Waals surface area (Å²) in [7, 11) is 1.90. The highest BCUT2D eigenvalue weighted by Gasteiger charge is 2.25. The van der Waals surface area contributed by atoms with Crippen LogP contribution in [0.2, 0.25) is 0 Å². The van der Waals surface area contributed by atoms with Crippen LogP contribution in [0, 0.1) is 0 Å². The van der Waals surface area contributed by atoms with Crippen LogP contribution in [0.1, 0.15) is 37.1 Å². The van der Waals surface area contributed by atoms with Crippen LogP contribution >= 0.6 is 0 Å². The number of nitrogens with zero attached hydrogens (tertiary/aromatic N) is 3. The lowest BCUT2D eigenvalue weighted by Crippen LogP contribution is -2.37. The van der Waals surface area contributed by atoms with Gasteiger partial charge in [-0.15, -0.1) is 0 Å². The molecule has 100 valence electrons. The smallest absolute Gasteiger partial charge is 0.219 e. The van der Waals surface area contributed by atoms with E-state index in [1.165, 1.54) is 0 Å². The molecule has 0 aromatic carbocycles. The summed E-state index contributed by atoms with van der Waals surface area (Å²) in [5.74, 6) is 0.479. The predicted molar refractivity (Wildman–Crippen MR) is 68.2 cm³/mol. The van der Waals surface area contributed by atoms with Gasteiger partial charge in [0.15, 0.2) is 0 Å². The van der Waals surface area contributed by atoms with E-state index in [1.807, 2.05) is 16.6 Å². The number of aryl methyl sites for hydroxylation is 1. The second kappa shape index (κ2) is 5.52. The number of hydrogen-bond donors (Lipinski definition) is 1. The van der Waals surface area contributed by atoms with Crippen LogP contribution in [0.3, 0.4) is 0 Å². The number of aromatic nitrogens is 2. The van der Waals surface area contributed by atoms with Gasteiger partial charge in [-0.2, -0.15) is 5.10 Å². The largest absolute Gasteiger partial charge is 0.396 e. The monoisotopic (exact) mass is 251 g/mol. The van der Waals surface area contributed by atoms with E-state index < -0.39 is 0 Å². The molecule has 1 fully saturated rings. The molecule has 2 heterocycles. The van der Waals surface area contributed by atoms with E-state index in [0.29, 0.717) is 12.3 Å². The molecule has 1 N–H and O–H groups in total. The Bertz CT molecular complexity index is 428. The first kappa shape index (κ1) is 13.1. The summed E-state index contributed by atoms with van der Waals surface area (Å²) in [6.45, 7) is 3.40. The highest BCUT2D eigenvalue weighted by molar-refractivity contribution is 5.73. The van der Waals surface area contributed by atoms with Crippen molar-refractivity contribution >= 4 is 5.91 Å². The number of piperidine rings is 1. The van der Waals surface area contributed by atoms with Crippen molar-refractivity contribution in [1.82, 2.24) is 14.7 Å². The number of rotatable bonds is 3. The maximum atomic E-state index is 11.4. The Morgan fingerprint density at radius 3 is 3.06 bits per heavy atom. The molecule has 18 heavy (non-hydrogen) atoms. The van der Waals surface area contributed by atoms with Crippen molar-refractivity contribution in [3.63, 3.8) is 0 Å². The molecule has 1 aromatic heterocycles. The fraction of sp³-hybridized carbons (Fsp3) is 0.692. The van der Waals surface area contributed by atoms with Gasteiger partial charge in [0.2, 0.25) is 5.91 Å². The minimum atomic E-state index is 0.142. The Morgan fingerprint density at radius 1 is 1.61 bits per heavy atom. The Labute approximate surface area is 107 Å². The SMILES string of the molecule is CC(=O)N1CCCC(c2cc(CCO)n(C)n2)C1. The lowest BCUT2D eigenvalue weighted by molar-refractivity contribution is -0.130. The highest BCUT2D eigenvalue weighted by Crippen LogP contribution is 2.26. The summed E-state index contributed by atoms with van der Waals surface area (Å²) >= 11 is 0. The van der Waals surface area contributed by atoms with Gasteiger partial charge in [-0.25, -0.2) is 0 Å². The van der Waals surface area contributed by atoms with Crippen LogP contribution in [0.15, 0.2) is 6.07 Å². The molecule has 1 atom stereocenters. The third kappa shape index (κ3) is 2.72. The summed E-state index contributed by atoms with van der Waals surface area (Å²) in [6, 6.07) is 2.06. The van der Waals surface area contributed by atoms with E-state index in [-0.39, 0.29) is 12.5 Å². The first-order valence-corrected chi connectivity index (χ1v) is 6.51. The van der Waals surface area contributed by atoms with Gasteiger partial charge in [-0.05, 0) is 18.9 Å². The Kier molecular flexibility index (Phi) is 4.01. The molecule has 5 heteroatoms. The Balaban J connectivity index is 2.11. The molecule has 2 rings (SSSR count). The normalized spacial score (nSPS) is 20.2. The van der Waals surface area contributed by atoms with E-state index >= 15 is 0 Å². The average Bonchev–Trinajstić information content (AvgIpc) is 2.72. The molecule has 5 nitrogen and oxygen atoms in total. The van der Waals surface area contributed by atoms with Crippen molar-refractivity contribution in [3.05, 3.63) is 17.5 Å². The van der Waals surface area contributed by atoms with E-state index in [0.717, 1.165) is 37.3 Å². The number of carbonyl (C=O) groups is 1. The van der Waals surface area contributed by atoms with Gasteiger partial charge in [-0.1, -0.05) is 0 Å². The van der Waals surface area contributed by atoms with Crippen LogP contribution in [0.5, 0.6) is 0 Å². The molecule has 0 bridgehead atoms. The van der Waals surface area contributed by atoms with Gasteiger partial charge in [0.25, 0.3) is 0 Å². The zero-order chi connectivity index (χ0) is 13.1. The van der Waals surface area contributed by atoms with Crippen molar-refractivity contribution in [1.29, 1.82) is 0 Å². The maximum absolute atomic E-state index is 11.4. The third-order valence-corrected chi connectivity index (χ3v) is 3.65. The Hall–Kier alpha value is -1.36. The molecular formula is C13H21N3O2. The zero-order valence-corrected chi connectivity index (χ0v) is 11.1. The number of likely N-dealkylation sites (tertiary alicyclic amines) is 1. The number of aliphatic hydroxyl groups excluding tert-OH is 1. The van der Waals surface area contributed by atoms with E-state index in [1.54, 1.807) is 6.92 Å². The van der Waals surface area contributed by atoms with Crippen LogP contribution in [-0.2, 0) is 18.3 Å². The lowest BCUT2D eigenvalue weighted by Gasteiger charge is -2.31. The maximum Gasteiger partial charge on any atom is 0.219 e. The standard InChI is InChI=1S/C13H21N3O2/c1-10(18)16-6-3-4-11(9-16)13-8-12(5-7-17)15(2)14-13/h8,11,17H,3-7,9H2,1-2H3. The second-order valence-corrected chi connectivity index (χ2v) is 4.96. The molecule has 0 saturated carbocycles. The molecule has 1 unspecified atom stereocenters. The van der Waals surface area contributed by atoms with Crippen LogP contribution in [0.25, 0.3) is 0 Å². The van der Waals surface area contributed by atoms with Crippen molar-refractivity contribution in [3.8, 4) is 0 Å². The quantitative estimate of drug-likeness (QED) is 0.859. The summed E-state index contributed by atoms with van der Waals surface area (Å²) in [4.78, 5) is 13.3. The first-order chi connectivity index (χ1) is 8.61. The van der Waals surface area contributed by atoms with E-state index in [9.17, 15) is 4.79 Å². The molecule has 1 amide bonds. The van der Waals surface area contributed by atoms with Gasteiger partial charge in [0.05, 0.1) is 5.69 Å². The summed E-state index contributed by atoms with van der Waals surface area (Å²) in [5, 5.41) is 13.5. The average molecular weight is 251 g/mol. The molecule has 1 aliphatic rings. The van der Waals surface area contributed by atoms with Crippen molar-refractivity contribution in [2.75, 3.05) is 19.7 Å². The molecule has 0 aliphatic carbocycles. The van der Waals surface area contributed by atoms with Gasteiger partial charge in [0.1, 0.15) is 0 Å². The summed E-state index contributed by atoms with van der Waals surface area (Å²) in [6.07, 6.45) is 2.75. The fourth-order valence-electron chi connectivity index (χ4n) is 2.58. The van der Waals surface area contributed by atoms with Crippen molar-refractivity contribution in [2.24, 2.45) is 7.05 Å². The summed E-state index contributed by atoms with van der Waals surface area (Å²) < 4.78 is 1.83. The zero-order valence-electron chi connectivity index (χ0n) is 11.1. The van der Waals surface area contributed by atoms with Crippen LogP contribution in [0.4, 0.5) is 0 Å². The molecular weight excluding hydrogens is 230 g/mol. The van der Waals surface area contributed by atoms with Crippen LogP contribution < -0.4 is 0 Å². The third-order valence-electron chi connectivity index (χ3n) is 3.65. The number of amides is 1. The molecule has 1 aromatic rings. The van der Waals surface area contributed by atoms with Crippen molar-refractivity contribution in [2.45, 2.75) is 32.1 Å². The predicted octanol–water partition coefficient (Wildman–Crippen LogP) is 0.681. The van der Waals surface area contributed by atoms with Crippen molar-refractivity contribution < 1.29 is 9.90 Å². The first-order valence-electron chi connectivity index (χ1n) is 6.51. The molecule has 0 radical (unpaired) electrons. The van der Waals surface area contributed by atoms with Gasteiger partial charge < -0.3 is 10.0 Å². The molecule has 0 spiro atoms. The van der Waals surface area contributed by atoms with Gasteiger partial charge in [0, 0.05) is 51.7 Å².